The van der Waals surface area contributed by atoms with Crippen LogP contribution >= 0.6 is 0 Å². The van der Waals surface area contributed by atoms with Crippen molar-refractivity contribution in [2.75, 3.05) is 6.61 Å². The number of piperazine rings is 1. The van der Waals surface area contributed by atoms with Gasteiger partial charge in [0.25, 0.3) is 0 Å². The number of carbonyl (C=O) groups is 2. The number of carbonyl (C=O) groups excluding carboxylic acids is 2. The lowest BCUT2D eigenvalue weighted by molar-refractivity contribution is -0.151. The number of nitrogens with one attached hydrogen (secondary N) is 2. The number of piperidine rings is 1. The molecule has 2 aliphatic rings. The lowest BCUT2D eigenvalue weighted by Gasteiger charge is -2.39. The van der Waals surface area contributed by atoms with Gasteiger partial charge in [-0.2, -0.15) is 0 Å². The van der Waals surface area contributed by atoms with Gasteiger partial charge in [0.15, 0.2) is 0 Å². The number of ether oxygens (including phenoxy) is 1. The van der Waals surface area contributed by atoms with Gasteiger partial charge in [-0.1, -0.05) is 0 Å². The smallest absolute Gasteiger partial charge is 0.330 e. The maximum atomic E-state index is 11.6. The first kappa shape index (κ1) is 10.4. The van der Waals surface area contributed by atoms with Crippen LogP contribution in [0.15, 0.2) is 0 Å². The third kappa shape index (κ3) is 1.97. The van der Waals surface area contributed by atoms with Crippen LogP contribution < -0.4 is 10.6 Å². The number of amides is 1. The van der Waals surface area contributed by atoms with Crippen molar-refractivity contribution in [3.63, 3.8) is 0 Å². The Morgan fingerprint density at radius 1 is 1.53 bits per heavy atom. The van der Waals surface area contributed by atoms with Crippen molar-refractivity contribution in [2.45, 2.75) is 44.3 Å². The predicted molar refractivity (Wildman–Crippen MR) is 53.1 cm³/mol. The molecular formula is C10H16N2O3. The average Bonchev–Trinajstić information content (AvgIpc) is 2.24. The highest BCUT2D eigenvalue weighted by Gasteiger charge is 2.41. The summed E-state index contributed by atoms with van der Waals surface area (Å²) in [6.45, 7) is 2.11. The summed E-state index contributed by atoms with van der Waals surface area (Å²) in [7, 11) is 0. The van der Waals surface area contributed by atoms with Crippen LogP contribution in [0.5, 0.6) is 0 Å². The van der Waals surface area contributed by atoms with Gasteiger partial charge >= 0.3 is 5.97 Å². The van der Waals surface area contributed by atoms with Crippen LogP contribution in [0.25, 0.3) is 0 Å². The maximum Gasteiger partial charge on any atom is 0.330 e. The Morgan fingerprint density at radius 3 is 3.07 bits per heavy atom. The van der Waals surface area contributed by atoms with Crippen LogP contribution in [0.3, 0.4) is 0 Å². The Kier molecular flexibility index (Phi) is 2.90. The van der Waals surface area contributed by atoms with E-state index < -0.39 is 6.04 Å². The van der Waals surface area contributed by atoms with E-state index in [0.29, 0.717) is 6.61 Å². The van der Waals surface area contributed by atoms with Crippen LogP contribution in [-0.4, -0.2) is 36.6 Å². The van der Waals surface area contributed by atoms with Gasteiger partial charge in [-0.15, -0.1) is 0 Å². The lowest BCUT2D eigenvalue weighted by atomic mass is 9.89. The third-order valence-electron chi connectivity index (χ3n) is 2.98. The molecular weight excluding hydrogens is 196 g/mol. The van der Waals surface area contributed by atoms with E-state index in [1.54, 1.807) is 6.92 Å². The molecule has 0 spiro atoms. The molecule has 15 heavy (non-hydrogen) atoms. The second-order valence-electron chi connectivity index (χ2n) is 3.99. The van der Waals surface area contributed by atoms with Gasteiger partial charge < -0.3 is 15.4 Å². The summed E-state index contributed by atoms with van der Waals surface area (Å²) in [6, 6.07) is -0.580. The molecule has 84 valence electrons. The molecule has 5 heteroatoms. The fourth-order valence-corrected chi connectivity index (χ4v) is 2.25. The quantitative estimate of drug-likeness (QED) is 0.609. The van der Waals surface area contributed by atoms with E-state index in [4.69, 9.17) is 4.74 Å². The number of esters is 1. The lowest BCUT2D eigenvalue weighted by Crippen LogP contribution is -2.68. The molecule has 2 rings (SSSR count). The topological polar surface area (TPSA) is 67.4 Å². The van der Waals surface area contributed by atoms with Gasteiger partial charge in [0.05, 0.1) is 12.6 Å². The molecule has 5 nitrogen and oxygen atoms in total. The van der Waals surface area contributed by atoms with Crippen molar-refractivity contribution in [3.05, 3.63) is 0 Å². The van der Waals surface area contributed by atoms with E-state index in [0.717, 1.165) is 19.3 Å². The van der Waals surface area contributed by atoms with Gasteiger partial charge in [-0.25, -0.2) is 4.79 Å². The molecule has 2 N–H and O–H groups in total. The zero-order chi connectivity index (χ0) is 10.8. The number of hydrogen-bond donors (Lipinski definition) is 2. The summed E-state index contributed by atoms with van der Waals surface area (Å²) in [6.07, 6.45) is 2.77. The Bertz CT molecular complexity index is 280. The summed E-state index contributed by atoms with van der Waals surface area (Å²) in [4.78, 5) is 23.1. The van der Waals surface area contributed by atoms with Crippen LogP contribution in [0.2, 0.25) is 0 Å². The fourth-order valence-electron chi connectivity index (χ4n) is 2.25. The molecule has 0 aromatic carbocycles. The molecule has 1 amide bonds. The van der Waals surface area contributed by atoms with Crippen LogP contribution in [0.1, 0.15) is 26.2 Å². The highest BCUT2D eigenvalue weighted by Crippen LogP contribution is 2.20. The van der Waals surface area contributed by atoms with Gasteiger partial charge in [0.1, 0.15) is 6.04 Å². The second-order valence-corrected chi connectivity index (χ2v) is 3.99. The largest absolute Gasteiger partial charge is 0.464 e. The molecule has 2 bridgehead atoms. The van der Waals surface area contributed by atoms with Crippen molar-refractivity contribution < 1.29 is 14.3 Å². The monoisotopic (exact) mass is 212 g/mol. The Hall–Kier alpha value is -1.10. The average molecular weight is 212 g/mol. The van der Waals surface area contributed by atoms with Crippen LogP contribution in [-0.2, 0) is 14.3 Å². The second kappa shape index (κ2) is 4.18. The molecule has 0 aliphatic carbocycles. The van der Waals surface area contributed by atoms with E-state index in [1.807, 2.05) is 0 Å². The summed E-state index contributed by atoms with van der Waals surface area (Å²) >= 11 is 0. The fraction of sp³-hybridized carbons (Fsp3) is 0.800. The van der Waals surface area contributed by atoms with Gasteiger partial charge in [0.2, 0.25) is 5.91 Å². The first-order valence-electron chi connectivity index (χ1n) is 5.45. The van der Waals surface area contributed by atoms with E-state index >= 15 is 0 Å². The summed E-state index contributed by atoms with van der Waals surface area (Å²) in [5.41, 5.74) is 0. The maximum absolute atomic E-state index is 11.6. The van der Waals surface area contributed by atoms with E-state index in [2.05, 4.69) is 10.6 Å². The molecule has 0 aromatic rings. The summed E-state index contributed by atoms with van der Waals surface area (Å²) in [5, 5.41) is 5.91. The van der Waals surface area contributed by atoms with Crippen LogP contribution in [0.4, 0.5) is 0 Å². The highest BCUT2D eigenvalue weighted by molar-refractivity contribution is 5.89. The van der Waals surface area contributed by atoms with E-state index in [1.165, 1.54) is 0 Å². The van der Waals surface area contributed by atoms with Gasteiger partial charge in [-0.05, 0) is 26.2 Å². The number of hydrogen-bond acceptors (Lipinski definition) is 4. The molecule has 3 atom stereocenters. The molecule has 0 radical (unpaired) electrons. The zero-order valence-electron chi connectivity index (χ0n) is 8.79. The Labute approximate surface area is 88.5 Å². The minimum atomic E-state index is -0.506. The highest BCUT2D eigenvalue weighted by atomic mass is 16.5. The van der Waals surface area contributed by atoms with Crippen molar-refractivity contribution in [1.29, 1.82) is 0 Å². The molecule has 2 fully saturated rings. The van der Waals surface area contributed by atoms with Crippen molar-refractivity contribution in [3.8, 4) is 0 Å². The van der Waals surface area contributed by atoms with E-state index in [9.17, 15) is 9.59 Å². The minimum absolute atomic E-state index is 0.0421. The first-order valence-corrected chi connectivity index (χ1v) is 5.45. The van der Waals surface area contributed by atoms with Crippen molar-refractivity contribution in [1.82, 2.24) is 10.6 Å². The normalized spacial score (nSPS) is 34.5. The minimum Gasteiger partial charge on any atom is -0.464 e. The van der Waals surface area contributed by atoms with Crippen molar-refractivity contribution >= 4 is 11.9 Å². The van der Waals surface area contributed by atoms with Gasteiger partial charge in [-0.3, -0.25) is 4.79 Å². The molecule has 2 saturated heterocycles. The third-order valence-corrected chi connectivity index (χ3v) is 2.98. The van der Waals surface area contributed by atoms with Crippen LogP contribution in [0, 0.1) is 0 Å². The molecule has 0 saturated carbocycles. The van der Waals surface area contributed by atoms with E-state index in [-0.39, 0.29) is 24.0 Å². The standard InChI is InChI=1S/C10H16N2O3/c1-2-15-10(14)8-6-4-3-5-7(11-6)9(13)12-8/h6-8,11H,2-5H2,1H3,(H,12,13)/t6-,7+,8+/m1/s1. The predicted octanol–water partition coefficient (Wildman–Crippen LogP) is -0.441. The molecule has 0 unspecified atom stereocenters. The molecule has 2 aliphatic heterocycles. The zero-order valence-corrected chi connectivity index (χ0v) is 8.79. The molecule has 0 aromatic heterocycles. The van der Waals surface area contributed by atoms with Gasteiger partial charge in [0, 0.05) is 6.04 Å². The SMILES string of the molecule is CCOC(=O)[C@H]1NC(=O)[C@@H]2CCC[C@H]1N2. The number of fused-ring (bicyclic) bond motifs is 2. The summed E-state index contributed by atoms with van der Waals surface area (Å²) < 4.78 is 4.93. The summed E-state index contributed by atoms with van der Waals surface area (Å²) in [5.74, 6) is -0.410. The number of rotatable bonds is 2. The van der Waals surface area contributed by atoms with Crippen molar-refractivity contribution in [2.24, 2.45) is 0 Å². The molecule has 2 heterocycles. The first-order chi connectivity index (χ1) is 7.22. The Balaban J connectivity index is 2.05. The Morgan fingerprint density at radius 2 is 2.33 bits per heavy atom.